The van der Waals surface area contributed by atoms with Gasteiger partial charge in [-0.2, -0.15) is 0 Å². The van der Waals surface area contributed by atoms with E-state index in [0.717, 1.165) is 32.0 Å². The lowest BCUT2D eigenvalue weighted by Crippen LogP contribution is -2.50. The first-order valence-electron chi connectivity index (χ1n) is 9.70. The topological polar surface area (TPSA) is 84.0 Å². The van der Waals surface area contributed by atoms with Crippen LogP contribution in [0.4, 0.5) is 4.79 Å². The van der Waals surface area contributed by atoms with Crippen LogP contribution in [0, 0.1) is 5.92 Å². The Morgan fingerprint density at radius 3 is 2.50 bits per heavy atom. The van der Waals surface area contributed by atoms with Gasteiger partial charge in [0.15, 0.2) is 5.96 Å². The molecule has 0 aromatic carbocycles. The zero-order chi connectivity index (χ0) is 19.8. The van der Waals surface area contributed by atoms with Crippen LogP contribution in [-0.4, -0.2) is 55.5 Å². The maximum atomic E-state index is 12.1. The average Bonchev–Trinajstić information content (AvgIpc) is 2.93. The lowest BCUT2D eigenvalue weighted by Gasteiger charge is -2.27. The van der Waals surface area contributed by atoms with E-state index in [1.54, 1.807) is 0 Å². The number of nitrogens with one attached hydrogen (secondary N) is 3. The van der Waals surface area contributed by atoms with Crippen molar-refractivity contribution < 1.29 is 14.3 Å². The molecule has 0 aromatic rings. The summed E-state index contributed by atoms with van der Waals surface area (Å²) in [7, 11) is 0. The molecule has 1 heterocycles. The van der Waals surface area contributed by atoms with Crippen LogP contribution in [0.25, 0.3) is 0 Å². The number of nitrogens with zero attached hydrogens (tertiary/aromatic N) is 1. The van der Waals surface area contributed by atoms with Gasteiger partial charge >= 0.3 is 6.09 Å². The van der Waals surface area contributed by atoms with Crippen molar-refractivity contribution in [3.63, 3.8) is 0 Å². The largest absolute Gasteiger partial charge is 0.444 e. The van der Waals surface area contributed by atoms with Crippen molar-refractivity contribution in [2.24, 2.45) is 10.9 Å². The predicted octanol–water partition coefficient (Wildman–Crippen LogP) is 2.66. The van der Waals surface area contributed by atoms with E-state index in [4.69, 9.17) is 9.47 Å². The van der Waals surface area contributed by atoms with Crippen LogP contribution >= 0.6 is 0 Å². The molecule has 0 aromatic heterocycles. The lowest BCUT2D eigenvalue weighted by molar-refractivity contribution is 0.0283. The zero-order valence-electron chi connectivity index (χ0n) is 17.6. The smallest absolute Gasteiger partial charge is 0.407 e. The third kappa shape index (κ3) is 8.74. The summed E-state index contributed by atoms with van der Waals surface area (Å²) in [6.45, 7) is 16.6. The fourth-order valence-electron chi connectivity index (χ4n) is 2.67. The first-order chi connectivity index (χ1) is 12.0. The Balaban J connectivity index is 2.60. The minimum atomic E-state index is -0.508. The lowest BCUT2D eigenvalue weighted by atomic mass is 10.0. The highest BCUT2D eigenvalue weighted by atomic mass is 16.6. The highest BCUT2D eigenvalue weighted by molar-refractivity contribution is 5.80. The molecule has 0 saturated carbocycles. The molecule has 0 spiro atoms. The molecule has 1 saturated heterocycles. The zero-order valence-corrected chi connectivity index (χ0v) is 17.6. The number of rotatable bonds is 7. The molecular formula is C19H38N4O3. The van der Waals surface area contributed by atoms with Crippen LogP contribution in [-0.2, 0) is 9.47 Å². The van der Waals surface area contributed by atoms with Gasteiger partial charge in [-0.15, -0.1) is 0 Å². The van der Waals surface area contributed by atoms with Crippen LogP contribution < -0.4 is 16.0 Å². The quantitative estimate of drug-likeness (QED) is 0.474. The number of carbonyl (C=O) groups excluding carboxylic acids is 1. The molecule has 1 aliphatic heterocycles. The Bertz CT molecular complexity index is 466. The Hall–Kier alpha value is -1.50. The number of alkyl carbamates (subject to hydrolysis) is 1. The number of hydrogen-bond acceptors (Lipinski definition) is 4. The minimum Gasteiger partial charge on any atom is -0.444 e. The normalized spacial score (nSPS) is 22.2. The van der Waals surface area contributed by atoms with Gasteiger partial charge in [0.05, 0.1) is 18.2 Å². The summed E-state index contributed by atoms with van der Waals surface area (Å²) in [5.41, 5.74) is -0.680. The van der Waals surface area contributed by atoms with E-state index >= 15 is 0 Å². The van der Waals surface area contributed by atoms with E-state index in [2.05, 4.69) is 41.7 Å². The number of carbonyl (C=O) groups is 1. The summed E-state index contributed by atoms with van der Waals surface area (Å²) in [6, 6.07) is -0.0629. The van der Waals surface area contributed by atoms with E-state index in [1.165, 1.54) is 0 Å². The van der Waals surface area contributed by atoms with E-state index in [9.17, 15) is 4.79 Å². The fourth-order valence-corrected chi connectivity index (χ4v) is 2.67. The van der Waals surface area contributed by atoms with Crippen LogP contribution in [0.2, 0.25) is 0 Å². The highest BCUT2D eigenvalue weighted by Crippen LogP contribution is 2.24. The molecule has 1 amide bonds. The standard InChI is InChI=1S/C19H38N4O3/c1-8-20-16(22-13-19(7)10-9-11-25-19)21-12-15(14(2)3)23-17(24)26-18(4,5)6/h14-15H,8-13H2,1-7H3,(H,23,24)(H2,20,21,22). The number of aliphatic imine (C=N–C) groups is 1. The molecule has 0 radical (unpaired) electrons. The van der Waals surface area contributed by atoms with E-state index in [1.807, 2.05) is 27.7 Å². The Morgan fingerprint density at radius 1 is 1.31 bits per heavy atom. The van der Waals surface area contributed by atoms with Gasteiger partial charge in [0, 0.05) is 19.7 Å². The summed E-state index contributed by atoms with van der Waals surface area (Å²) in [5.74, 6) is 0.995. The highest BCUT2D eigenvalue weighted by Gasteiger charge is 2.29. The van der Waals surface area contributed by atoms with Gasteiger partial charge in [-0.25, -0.2) is 4.79 Å². The van der Waals surface area contributed by atoms with E-state index < -0.39 is 11.7 Å². The molecule has 26 heavy (non-hydrogen) atoms. The molecule has 1 fully saturated rings. The van der Waals surface area contributed by atoms with Gasteiger partial charge < -0.3 is 25.4 Å². The first kappa shape index (κ1) is 22.5. The molecule has 1 aliphatic rings. The molecule has 1 rings (SSSR count). The second kappa shape index (κ2) is 10.00. The van der Waals surface area contributed by atoms with Gasteiger partial charge in [0.1, 0.15) is 5.60 Å². The molecule has 3 N–H and O–H groups in total. The molecular weight excluding hydrogens is 332 g/mol. The van der Waals surface area contributed by atoms with E-state index in [0.29, 0.717) is 13.1 Å². The van der Waals surface area contributed by atoms with Gasteiger partial charge in [-0.05, 0) is 53.4 Å². The molecule has 0 bridgehead atoms. The predicted molar refractivity (Wildman–Crippen MR) is 106 cm³/mol. The van der Waals surface area contributed by atoms with Gasteiger partial charge in [-0.3, -0.25) is 4.99 Å². The van der Waals surface area contributed by atoms with Crippen molar-refractivity contribution in [3.8, 4) is 0 Å². The molecule has 7 nitrogen and oxygen atoms in total. The van der Waals surface area contributed by atoms with Crippen LogP contribution in [0.5, 0.6) is 0 Å². The SMILES string of the molecule is CCNC(=NCC1(C)CCCO1)NCC(NC(=O)OC(C)(C)C)C(C)C. The molecule has 2 unspecified atom stereocenters. The van der Waals surface area contributed by atoms with Crippen molar-refractivity contribution in [1.82, 2.24) is 16.0 Å². The molecule has 0 aliphatic carbocycles. The third-order valence-electron chi connectivity index (χ3n) is 4.21. The number of guanidine groups is 1. The Labute approximate surface area is 158 Å². The summed E-state index contributed by atoms with van der Waals surface area (Å²) < 4.78 is 11.2. The average molecular weight is 371 g/mol. The van der Waals surface area contributed by atoms with Crippen molar-refractivity contribution >= 4 is 12.1 Å². The second-order valence-corrected chi connectivity index (χ2v) is 8.47. The maximum absolute atomic E-state index is 12.1. The monoisotopic (exact) mass is 370 g/mol. The van der Waals surface area contributed by atoms with E-state index in [-0.39, 0.29) is 17.6 Å². The molecule has 2 atom stereocenters. The van der Waals surface area contributed by atoms with Crippen molar-refractivity contribution in [2.75, 3.05) is 26.2 Å². The van der Waals surface area contributed by atoms with Gasteiger partial charge in [0.25, 0.3) is 0 Å². The van der Waals surface area contributed by atoms with Crippen molar-refractivity contribution in [1.29, 1.82) is 0 Å². The maximum Gasteiger partial charge on any atom is 0.407 e. The van der Waals surface area contributed by atoms with Crippen LogP contribution in [0.1, 0.15) is 61.3 Å². The number of ether oxygens (including phenoxy) is 2. The van der Waals surface area contributed by atoms with Crippen LogP contribution in [0.15, 0.2) is 4.99 Å². The molecule has 7 heteroatoms. The molecule has 152 valence electrons. The Kier molecular flexibility index (Phi) is 8.67. The summed E-state index contributed by atoms with van der Waals surface area (Å²) in [5, 5.41) is 9.52. The minimum absolute atomic E-state index is 0.0629. The van der Waals surface area contributed by atoms with Crippen LogP contribution in [0.3, 0.4) is 0 Å². The summed E-state index contributed by atoms with van der Waals surface area (Å²) in [6.07, 6.45) is 1.72. The van der Waals surface area contributed by atoms with Crippen molar-refractivity contribution in [2.45, 2.75) is 78.6 Å². The first-order valence-corrected chi connectivity index (χ1v) is 9.70. The fraction of sp³-hybridized carbons (Fsp3) is 0.895. The third-order valence-corrected chi connectivity index (χ3v) is 4.21. The number of hydrogen-bond donors (Lipinski definition) is 3. The van der Waals surface area contributed by atoms with Crippen molar-refractivity contribution in [3.05, 3.63) is 0 Å². The second-order valence-electron chi connectivity index (χ2n) is 8.47. The Morgan fingerprint density at radius 2 is 2.00 bits per heavy atom. The number of amides is 1. The summed E-state index contributed by atoms with van der Waals surface area (Å²) >= 11 is 0. The van der Waals surface area contributed by atoms with Gasteiger partial charge in [-0.1, -0.05) is 13.8 Å². The van der Waals surface area contributed by atoms with Gasteiger partial charge in [0.2, 0.25) is 0 Å². The summed E-state index contributed by atoms with van der Waals surface area (Å²) in [4.78, 5) is 16.7.